The summed E-state index contributed by atoms with van der Waals surface area (Å²) in [5, 5.41) is 17.3. The number of furan rings is 1. The third-order valence-electron chi connectivity index (χ3n) is 3.90. The Bertz CT molecular complexity index is 916. The molecule has 0 fully saturated rings. The third-order valence-corrected chi connectivity index (χ3v) is 4.12. The molecule has 8 heteroatoms. The molecule has 0 unspecified atom stereocenters. The van der Waals surface area contributed by atoms with Gasteiger partial charge in [0.25, 0.3) is 5.69 Å². The fraction of sp³-hybridized carbons (Fsp3) is 0.176. The van der Waals surface area contributed by atoms with E-state index in [0.29, 0.717) is 33.5 Å². The summed E-state index contributed by atoms with van der Waals surface area (Å²) in [5.74, 6) is 0.888. The summed E-state index contributed by atoms with van der Waals surface area (Å²) in [7, 11) is 0. The van der Waals surface area contributed by atoms with E-state index in [0.717, 1.165) is 0 Å². The summed E-state index contributed by atoms with van der Waals surface area (Å²) in [4.78, 5) is 22.5. The number of carbonyl (C=O) groups is 1. The molecule has 0 saturated carbocycles. The number of ketones is 1. The molecule has 2 heterocycles. The third kappa shape index (κ3) is 3.29. The number of nitrogens with zero attached hydrogens (tertiary/aromatic N) is 1. The molecule has 0 aliphatic carbocycles. The number of hydrogen-bond donors (Lipinski definition) is 2. The van der Waals surface area contributed by atoms with Crippen molar-refractivity contribution in [1.82, 2.24) is 10.6 Å². The van der Waals surface area contributed by atoms with Crippen LogP contribution in [-0.4, -0.2) is 15.8 Å². The second kappa shape index (κ2) is 6.48. The van der Waals surface area contributed by atoms with Crippen LogP contribution in [-0.2, 0) is 4.79 Å². The van der Waals surface area contributed by atoms with Gasteiger partial charge in [-0.2, -0.15) is 0 Å². The number of nitro groups is 1. The standard InChI is InChI=1S/C17H15N3O4S/c1-9-15(10(2)21)16(19-17(25)18-9)14-7-6-13(24-14)11-4-3-5-12(8-11)20(22)23/h3-8,16H,1-2H3,(H2,18,19,25)/t16-/m1/s1. The van der Waals surface area contributed by atoms with Crippen LogP contribution in [0.5, 0.6) is 0 Å². The Morgan fingerprint density at radius 2 is 2.08 bits per heavy atom. The van der Waals surface area contributed by atoms with Crippen molar-refractivity contribution >= 4 is 28.8 Å². The highest BCUT2D eigenvalue weighted by atomic mass is 32.1. The average molecular weight is 357 g/mol. The highest BCUT2D eigenvalue weighted by Crippen LogP contribution is 2.32. The fourth-order valence-corrected chi connectivity index (χ4v) is 3.08. The summed E-state index contributed by atoms with van der Waals surface area (Å²) < 4.78 is 5.86. The first kappa shape index (κ1) is 16.8. The number of non-ortho nitro benzene ring substituents is 1. The summed E-state index contributed by atoms with van der Waals surface area (Å²) in [6.45, 7) is 3.26. The van der Waals surface area contributed by atoms with Gasteiger partial charge >= 0.3 is 0 Å². The highest BCUT2D eigenvalue weighted by Gasteiger charge is 2.30. The largest absolute Gasteiger partial charge is 0.459 e. The molecule has 1 aromatic heterocycles. The Morgan fingerprint density at radius 3 is 2.76 bits per heavy atom. The minimum Gasteiger partial charge on any atom is -0.459 e. The zero-order valence-corrected chi connectivity index (χ0v) is 14.3. The van der Waals surface area contributed by atoms with E-state index in [2.05, 4.69) is 10.6 Å². The zero-order chi connectivity index (χ0) is 18.1. The van der Waals surface area contributed by atoms with E-state index < -0.39 is 11.0 Å². The fourth-order valence-electron chi connectivity index (χ4n) is 2.81. The molecule has 0 bridgehead atoms. The number of allylic oxidation sites excluding steroid dienone is 1. The van der Waals surface area contributed by atoms with Gasteiger partial charge in [-0.25, -0.2) is 0 Å². The topological polar surface area (TPSA) is 97.4 Å². The lowest BCUT2D eigenvalue weighted by Gasteiger charge is -2.28. The first-order chi connectivity index (χ1) is 11.9. The van der Waals surface area contributed by atoms with Crippen molar-refractivity contribution in [2.75, 3.05) is 0 Å². The van der Waals surface area contributed by atoms with Crippen molar-refractivity contribution in [3.63, 3.8) is 0 Å². The second-order valence-corrected chi connectivity index (χ2v) is 6.04. The molecule has 1 aliphatic rings. The molecule has 3 rings (SSSR count). The monoisotopic (exact) mass is 357 g/mol. The molecule has 128 valence electrons. The van der Waals surface area contributed by atoms with Crippen molar-refractivity contribution in [3.05, 3.63) is 63.5 Å². The molecule has 0 radical (unpaired) electrons. The molecule has 1 aromatic carbocycles. The van der Waals surface area contributed by atoms with E-state index in [4.69, 9.17) is 16.6 Å². The van der Waals surface area contributed by atoms with E-state index in [1.807, 2.05) is 0 Å². The maximum absolute atomic E-state index is 12.0. The lowest BCUT2D eigenvalue weighted by atomic mass is 9.98. The molecule has 0 amide bonds. The summed E-state index contributed by atoms with van der Waals surface area (Å²) in [6.07, 6.45) is 0. The number of benzene rings is 1. The molecule has 1 atom stereocenters. The van der Waals surface area contributed by atoms with Crippen LogP contribution in [0.4, 0.5) is 5.69 Å². The van der Waals surface area contributed by atoms with Crippen LogP contribution in [0.3, 0.4) is 0 Å². The summed E-state index contributed by atoms with van der Waals surface area (Å²) in [5.41, 5.74) is 1.78. The van der Waals surface area contributed by atoms with E-state index in [-0.39, 0.29) is 11.5 Å². The molecule has 25 heavy (non-hydrogen) atoms. The maximum atomic E-state index is 12.0. The summed E-state index contributed by atoms with van der Waals surface area (Å²) in [6, 6.07) is 9.13. The summed E-state index contributed by atoms with van der Waals surface area (Å²) >= 11 is 5.16. The quantitative estimate of drug-likeness (QED) is 0.492. The SMILES string of the molecule is CC(=O)C1=C(C)NC(=S)N[C@@H]1c1ccc(-c2cccc([N+](=O)[O-])c2)o1. The van der Waals surface area contributed by atoms with Gasteiger partial charge in [0.15, 0.2) is 10.9 Å². The van der Waals surface area contributed by atoms with Gasteiger partial charge in [-0.15, -0.1) is 0 Å². The molecule has 2 N–H and O–H groups in total. The smallest absolute Gasteiger partial charge is 0.270 e. The van der Waals surface area contributed by atoms with Gasteiger partial charge in [-0.1, -0.05) is 12.1 Å². The number of Topliss-reactive ketones (excluding diaryl/α,β-unsaturated/α-hetero) is 1. The second-order valence-electron chi connectivity index (χ2n) is 5.64. The van der Waals surface area contributed by atoms with Gasteiger partial charge in [-0.3, -0.25) is 14.9 Å². The van der Waals surface area contributed by atoms with Gasteiger partial charge in [0, 0.05) is 29.0 Å². The number of carbonyl (C=O) groups excluding carboxylic acids is 1. The molecule has 7 nitrogen and oxygen atoms in total. The van der Waals surface area contributed by atoms with Gasteiger partial charge in [-0.05, 0) is 38.2 Å². The minimum atomic E-state index is -0.501. The van der Waals surface area contributed by atoms with Crippen LogP contribution >= 0.6 is 12.2 Å². The van der Waals surface area contributed by atoms with E-state index in [1.54, 1.807) is 31.2 Å². The first-order valence-corrected chi connectivity index (χ1v) is 7.91. The van der Waals surface area contributed by atoms with Crippen molar-refractivity contribution in [1.29, 1.82) is 0 Å². The van der Waals surface area contributed by atoms with Crippen molar-refractivity contribution in [3.8, 4) is 11.3 Å². The van der Waals surface area contributed by atoms with Crippen molar-refractivity contribution < 1.29 is 14.1 Å². The number of thiocarbonyl (C=S) groups is 1. The number of nitrogens with one attached hydrogen (secondary N) is 2. The Balaban J connectivity index is 1.99. The lowest BCUT2D eigenvalue weighted by Crippen LogP contribution is -2.44. The van der Waals surface area contributed by atoms with Gasteiger partial charge in [0.1, 0.15) is 17.6 Å². The van der Waals surface area contributed by atoms with Crippen LogP contribution in [0.15, 0.2) is 52.1 Å². The highest BCUT2D eigenvalue weighted by molar-refractivity contribution is 7.80. The Labute approximate surface area is 148 Å². The Kier molecular flexibility index (Phi) is 4.37. The Hall–Kier alpha value is -3.00. The molecule has 1 aliphatic heterocycles. The van der Waals surface area contributed by atoms with E-state index in [9.17, 15) is 14.9 Å². The minimum absolute atomic E-state index is 0.0169. The zero-order valence-electron chi connectivity index (χ0n) is 13.5. The predicted octanol–water partition coefficient (Wildman–Crippen LogP) is 3.24. The molecular formula is C17H15N3O4S. The molecular weight excluding hydrogens is 342 g/mol. The van der Waals surface area contributed by atoms with Crippen LogP contribution in [0, 0.1) is 10.1 Å². The van der Waals surface area contributed by atoms with Gasteiger partial charge in [0.05, 0.1) is 4.92 Å². The van der Waals surface area contributed by atoms with Crippen LogP contribution in [0.25, 0.3) is 11.3 Å². The lowest BCUT2D eigenvalue weighted by molar-refractivity contribution is -0.384. The van der Waals surface area contributed by atoms with Gasteiger partial charge in [0.2, 0.25) is 0 Å². The maximum Gasteiger partial charge on any atom is 0.270 e. The average Bonchev–Trinajstić information content (AvgIpc) is 3.03. The first-order valence-electron chi connectivity index (χ1n) is 7.50. The number of nitro benzene ring substituents is 1. The van der Waals surface area contributed by atoms with Crippen molar-refractivity contribution in [2.45, 2.75) is 19.9 Å². The number of hydrogen-bond acceptors (Lipinski definition) is 5. The predicted molar refractivity (Wildman–Crippen MR) is 95.8 cm³/mol. The normalized spacial score (nSPS) is 17.0. The van der Waals surface area contributed by atoms with Crippen molar-refractivity contribution in [2.24, 2.45) is 0 Å². The van der Waals surface area contributed by atoms with Crippen LogP contribution in [0.1, 0.15) is 25.6 Å². The van der Waals surface area contributed by atoms with E-state index >= 15 is 0 Å². The molecule has 0 saturated heterocycles. The number of rotatable bonds is 4. The van der Waals surface area contributed by atoms with Crippen LogP contribution < -0.4 is 10.6 Å². The van der Waals surface area contributed by atoms with Crippen LogP contribution in [0.2, 0.25) is 0 Å². The molecule has 0 spiro atoms. The van der Waals surface area contributed by atoms with E-state index in [1.165, 1.54) is 19.1 Å². The van der Waals surface area contributed by atoms with Gasteiger partial charge < -0.3 is 15.1 Å². The Morgan fingerprint density at radius 1 is 1.32 bits per heavy atom. The molecule has 2 aromatic rings.